The van der Waals surface area contributed by atoms with Crippen LogP contribution in [0.4, 0.5) is 10.1 Å². The van der Waals surface area contributed by atoms with E-state index >= 15 is 0 Å². The summed E-state index contributed by atoms with van der Waals surface area (Å²) >= 11 is 0. The Labute approximate surface area is 78.2 Å². The van der Waals surface area contributed by atoms with E-state index in [9.17, 15) is 4.39 Å². The highest BCUT2D eigenvalue weighted by Gasteiger charge is 2.01. The molecule has 0 aromatic heterocycles. The summed E-state index contributed by atoms with van der Waals surface area (Å²) in [4.78, 5) is 1.88. The van der Waals surface area contributed by atoms with Crippen LogP contribution in [0, 0.1) is 5.82 Å². The summed E-state index contributed by atoms with van der Waals surface area (Å²) in [6.45, 7) is 0.552. The van der Waals surface area contributed by atoms with Gasteiger partial charge in [0.25, 0.3) is 0 Å². The van der Waals surface area contributed by atoms with Gasteiger partial charge in [0, 0.05) is 19.8 Å². The van der Waals surface area contributed by atoms with Gasteiger partial charge in [0.05, 0.1) is 0 Å². The Morgan fingerprint density at radius 3 is 2.54 bits per heavy atom. The highest BCUT2D eigenvalue weighted by molar-refractivity contribution is 5.47. The van der Waals surface area contributed by atoms with Crippen LogP contribution in [0.1, 0.15) is 5.56 Å². The first-order valence-electron chi connectivity index (χ1n) is 4.30. The van der Waals surface area contributed by atoms with Gasteiger partial charge in [-0.1, -0.05) is 0 Å². The molecule has 0 amide bonds. The molecule has 0 radical (unpaired) electrons. The first-order chi connectivity index (χ1) is 6.13. The molecule has 0 unspecified atom stereocenters. The van der Waals surface area contributed by atoms with Gasteiger partial charge < -0.3 is 10.6 Å². The Bertz CT molecular complexity index is 284. The molecule has 0 atom stereocenters. The lowest BCUT2D eigenvalue weighted by atomic mass is 10.1. The molecule has 0 saturated carbocycles. The SMILES string of the molecule is CN(C)c1cc(F)cc(CCN)c1. The van der Waals surface area contributed by atoms with Crippen molar-refractivity contribution in [3.63, 3.8) is 0 Å². The van der Waals surface area contributed by atoms with E-state index in [4.69, 9.17) is 5.73 Å². The molecular formula is C10H15FN2. The van der Waals surface area contributed by atoms with Gasteiger partial charge >= 0.3 is 0 Å². The Kier molecular flexibility index (Phi) is 3.25. The minimum atomic E-state index is -0.199. The molecule has 0 aliphatic rings. The molecule has 0 fully saturated rings. The van der Waals surface area contributed by atoms with E-state index in [0.717, 1.165) is 17.7 Å². The standard InChI is InChI=1S/C10H15FN2/c1-13(2)10-6-8(3-4-12)5-9(11)7-10/h5-7H,3-4,12H2,1-2H3. The van der Waals surface area contributed by atoms with E-state index in [1.54, 1.807) is 0 Å². The molecule has 2 nitrogen and oxygen atoms in total. The first-order valence-corrected chi connectivity index (χ1v) is 4.30. The average molecular weight is 182 g/mol. The number of halogens is 1. The van der Waals surface area contributed by atoms with Gasteiger partial charge in [-0.25, -0.2) is 4.39 Å². The summed E-state index contributed by atoms with van der Waals surface area (Å²) < 4.78 is 13.0. The van der Waals surface area contributed by atoms with Crippen LogP contribution >= 0.6 is 0 Å². The summed E-state index contributed by atoms with van der Waals surface area (Å²) in [5.74, 6) is -0.199. The number of hydrogen-bond donors (Lipinski definition) is 1. The van der Waals surface area contributed by atoms with E-state index in [1.807, 2.05) is 25.1 Å². The monoisotopic (exact) mass is 182 g/mol. The highest BCUT2D eigenvalue weighted by atomic mass is 19.1. The van der Waals surface area contributed by atoms with Crippen molar-refractivity contribution in [1.29, 1.82) is 0 Å². The van der Waals surface area contributed by atoms with Crippen LogP contribution in [-0.4, -0.2) is 20.6 Å². The molecule has 2 N–H and O–H groups in total. The molecule has 1 aromatic carbocycles. The van der Waals surface area contributed by atoms with Gasteiger partial charge in [-0.15, -0.1) is 0 Å². The molecule has 13 heavy (non-hydrogen) atoms. The van der Waals surface area contributed by atoms with Gasteiger partial charge in [0.1, 0.15) is 5.82 Å². The highest BCUT2D eigenvalue weighted by Crippen LogP contribution is 2.16. The molecule has 72 valence electrons. The largest absolute Gasteiger partial charge is 0.378 e. The van der Waals surface area contributed by atoms with Crippen molar-refractivity contribution in [3.8, 4) is 0 Å². The summed E-state index contributed by atoms with van der Waals surface area (Å²) in [6, 6.07) is 5.00. The normalized spacial score (nSPS) is 10.2. The molecule has 0 aliphatic carbocycles. The zero-order valence-electron chi connectivity index (χ0n) is 8.05. The molecule has 0 heterocycles. The Hall–Kier alpha value is -1.09. The molecule has 3 heteroatoms. The summed E-state index contributed by atoms with van der Waals surface area (Å²) in [5.41, 5.74) is 7.23. The minimum Gasteiger partial charge on any atom is -0.378 e. The third kappa shape index (κ3) is 2.70. The van der Waals surface area contributed by atoms with Gasteiger partial charge in [-0.05, 0) is 36.7 Å². The van der Waals surface area contributed by atoms with Crippen LogP contribution in [0.15, 0.2) is 18.2 Å². The van der Waals surface area contributed by atoms with Gasteiger partial charge in [-0.2, -0.15) is 0 Å². The maximum atomic E-state index is 13.0. The summed E-state index contributed by atoms with van der Waals surface area (Å²) in [7, 11) is 3.78. The number of anilines is 1. The fraction of sp³-hybridized carbons (Fsp3) is 0.400. The molecule has 0 saturated heterocycles. The number of nitrogens with zero attached hydrogens (tertiary/aromatic N) is 1. The Morgan fingerprint density at radius 1 is 1.31 bits per heavy atom. The van der Waals surface area contributed by atoms with Crippen LogP contribution in [0.3, 0.4) is 0 Å². The smallest absolute Gasteiger partial charge is 0.125 e. The van der Waals surface area contributed by atoms with E-state index in [-0.39, 0.29) is 5.82 Å². The van der Waals surface area contributed by atoms with Crippen molar-refractivity contribution in [1.82, 2.24) is 0 Å². The fourth-order valence-corrected chi connectivity index (χ4v) is 1.20. The number of hydrogen-bond acceptors (Lipinski definition) is 2. The number of benzene rings is 1. The molecule has 0 aliphatic heterocycles. The lowest BCUT2D eigenvalue weighted by molar-refractivity contribution is 0.625. The van der Waals surface area contributed by atoms with Crippen molar-refractivity contribution in [2.24, 2.45) is 5.73 Å². The molecular weight excluding hydrogens is 167 g/mol. The average Bonchev–Trinajstić information content (AvgIpc) is 2.03. The van der Waals surface area contributed by atoms with E-state index in [0.29, 0.717) is 6.54 Å². The van der Waals surface area contributed by atoms with E-state index in [2.05, 4.69) is 0 Å². The first kappa shape index (κ1) is 9.99. The summed E-state index contributed by atoms with van der Waals surface area (Å²) in [6.07, 6.45) is 0.721. The van der Waals surface area contributed by atoms with Crippen LogP contribution < -0.4 is 10.6 Å². The second kappa shape index (κ2) is 4.23. The topological polar surface area (TPSA) is 29.3 Å². The lowest BCUT2D eigenvalue weighted by Gasteiger charge is -2.13. The Morgan fingerprint density at radius 2 is 2.00 bits per heavy atom. The van der Waals surface area contributed by atoms with Crippen molar-refractivity contribution in [3.05, 3.63) is 29.6 Å². The van der Waals surface area contributed by atoms with Gasteiger partial charge in [-0.3, -0.25) is 0 Å². The third-order valence-electron chi connectivity index (χ3n) is 1.89. The van der Waals surface area contributed by atoms with Gasteiger partial charge in [0.2, 0.25) is 0 Å². The van der Waals surface area contributed by atoms with Crippen molar-refractivity contribution >= 4 is 5.69 Å². The van der Waals surface area contributed by atoms with Crippen molar-refractivity contribution < 1.29 is 4.39 Å². The van der Waals surface area contributed by atoms with Crippen molar-refractivity contribution in [2.45, 2.75) is 6.42 Å². The molecule has 0 spiro atoms. The Balaban J connectivity index is 2.96. The van der Waals surface area contributed by atoms with E-state index in [1.165, 1.54) is 12.1 Å². The lowest BCUT2D eigenvalue weighted by Crippen LogP contribution is -2.10. The second-order valence-electron chi connectivity index (χ2n) is 3.25. The molecule has 1 rings (SSSR count). The van der Waals surface area contributed by atoms with Crippen LogP contribution in [0.2, 0.25) is 0 Å². The number of nitrogens with two attached hydrogens (primary N) is 1. The van der Waals surface area contributed by atoms with E-state index < -0.39 is 0 Å². The quantitative estimate of drug-likeness (QED) is 0.765. The maximum absolute atomic E-state index is 13.0. The predicted molar refractivity (Wildman–Crippen MR) is 53.5 cm³/mol. The molecule has 1 aromatic rings. The van der Waals surface area contributed by atoms with Crippen LogP contribution in [0.5, 0.6) is 0 Å². The third-order valence-corrected chi connectivity index (χ3v) is 1.89. The zero-order valence-corrected chi connectivity index (χ0v) is 8.05. The maximum Gasteiger partial charge on any atom is 0.125 e. The fourth-order valence-electron chi connectivity index (χ4n) is 1.20. The van der Waals surface area contributed by atoms with Crippen molar-refractivity contribution in [2.75, 3.05) is 25.5 Å². The summed E-state index contributed by atoms with van der Waals surface area (Å²) in [5, 5.41) is 0. The minimum absolute atomic E-state index is 0.199. The predicted octanol–water partition coefficient (Wildman–Crippen LogP) is 1.39. The van der Waals surface area contributed by atoms with Crippen LogP contribution in [-0.2, 0) is 6.42 Å². The van der Waals surface area contributed by atoms with Gasteiger partial charge in [0.15, 0.2) is 0 Å². The number of rotatable bonds is 3. The second-order valence-corrected chi connectivity index (χ2v) is 3.25. The zero-order chi connectivity index (χ0) is 9.84. The molecule has 0 bridgehead atoms. The van der Waals surface area contributed by atoms with Crippen LogP contribution in [0.25, 0.3) is 0 Å².